The van der Waals surface area contributed by atoms with Gasteiger partial charge in [0.05, 0.1) is 5.25 Å². The minimum absolute atomic E-state index is 0.242. The molecule has 0 aliphatic carbocycles. The Morgan fingerprint density at radius 1 is 1.17 bits per heavy atom. The van der Waals surface area contributed by atoms with Crippen LogP contribution >= 0.6 is 11.8 Å². The van der Waals surface area contributed by atoms with E-state index >= 15 is 0 Å². The third-order valence-electron chi connectivity index (χ3n) is 3.11. The van der Waals surface area contributed by atoms with Gasteiger partial charge in [0.15, 0.2) is 11.6 Å². The number of benzene rings is 2. The summed E-state index contributed by atoms with van der Waals surface area (Å²) in [5.41, 5.74) is 1.35. The Bertz CT molecular complexity index is 689. The van der Waals surface area contributed by atoms with E-state index in [0.717, 1.165) is 17.7 Å². The number of hydrogen-bond donors (Lipinski definition) is 1. The molecule has 0 saturated heterocycles. The highest BCUT2D eigenvalue weighted by Crippen LogP contribution is 2.17. The van der Waals surface area contributed by atoms with Crippen LogP contribution in [0.4, 0.5) is 14.5 Å². The zero-order chi connectivity index (χ0) is 16.7. The summed E-state index contributed by atoms with van der Waals surface area (Å²) in [5, 5.41) is 2.28. The van der Waals surface area contributed by atoms with Crippen LogP contribution in [0.3, 0.4) is 0 Å². The van der Waals surface area contributed by atoms with Crippen LogP contribution in [0.2, 0.25) is 0 Å². The summed E-state index contributed by atoms with van der Waals surface area (Å²) in [4.78, 5) is 12.0. The SMILES string of the molecule is C[C@H](SC/C=C\c1ccccc1)C(=O)Nc1ccc(F)c(F)c1. The first-order valence-corrected chi connectivity index (χ1v) is 8.20. The van der Waals surface area contributed by atoms with Crippen molar-refractivity contribution in [2.45, 2.75) is 12.2 Å². The van der Waals surface area contributed by atoms with Crippen molar-refractivity contribution in [1.82, 2.24) is 0 Å². The molecule has 0 unspecified atom stereocenters. The second-order valence-electron chi connectivity index (χ2n) is 4.91. The predicted octanol–water partition coefficient (Wildman–Crippen LogP) is 4.74. The largest absolute Gasteiger partial charge is 0.325 e. The zero-order valence-electron chi connectivity index (χ0n) is 12.6. The topological polar surface area (TPSA) is 29.1 Å². The van der Waals surface area contributed by atoms with Gasteiger partial charge in [-0.05, 0) is 24.6 Å². The molecule has 1 N–H and O–H groups in total. The molecule has 2 nitrogen and oxygen atoms in total. The molecule has 1 atom stereocenters. The fraction of sp³-hybridized carbons (Fsp3) is 0.167. The Morgan fingerprint density at radius 3 is 2.61 bits per heavy atom. The molecule has 23 heavy (non-hydrogen) atoms. The molecule has 5 heteroatoms. The molecule has 1 amide bonds. The summed E-state index contributed by atoms with van der Waals surface area (Å²) in [6.07, 6.45) is 3.98. The van der Waals surface area contributed by atoms with E-state index in [1.54, 1.807) is 6.92 Å². The van der Waals surface area contributed by atoms with Crippen molar-refractivity contribution in [1.29, 1.82) is 0 Å². The van der Waals surface area contributed by atoms with E-state index in [-0.39, 0.29) is 16.8 Å². The Morgan fingerprint density at radius 2 is 1.91 bits per heavy atom. The van der Waals surface area contributed by atoms with E-state index in [4.69, 9.17) is 0 Å². The van der Waals surface area contributed by atoms with Crippen LogP contribution in [0.15, 0.2) is 54.6 Å². The molecule has 2 rings (SSSR count). The lowest BCUT2D eigenvalue weighted by molar-refractivity contribution is -0.115. The number of nitrogens with one attached hydrogen (secondary N) is 1. The smallest absolute Gasteiger partial charge is 0.237 e. The van der Waals surface area contributed by atoms with Gasteiger partial charge < -0.3 is 5.32 Å². The van der Waals surface area contributed by atoms with E-state index in [1.165, 1.54) is 17.8 Å². The monoisotopic (exact) mass is 333 g/mol. The number of rotatable bonds is 6. The molecule has 0 spiro atoms. The summed E-state index contributed by atoms with van der Waals surface area (Å²) < 4.78 is 25.9. The standard InChI is InChI=1S/C18H17F2NOS/c1-13(23-11-5-8-14-6-3-2-4-7-14)18(22)21-15-9-10-16(19)17(20)12-15/h2-10,12-13H,11H2,1H3,(H,21,22)/b8-5-/t13-/m0/s1. The minimum atomic E-state index is -0.978. The molecule has 0 bridgehead atoms. The van der Waals surface area contributed by atoms with E-state index in [2.05, 4.69) is 5.32 Å². The molecule has 0 heterocycles. The van der Waals surface area contributed by atoms with Crippen LogP contribution in [0, 0.1) is 11.6 Å². The van der Waals surface area contributed by atoms with Gasteiger partial charge in [-0.25, -0.2) is 8.78 Å². The molecule has 0 fully saturated rings. The van der Waals surface area contributed by atoms with E-state index < -0.39 is 11.6 Å². The van der Waals surface area contributed by atoms with Gasteiger partial charge in [-0.3, -0.25) is 4.79 Å². The summed E-state index contributed by atoms with van der Waals surface area (Å²) in [5.74, 6) is -1.47. The molecule has 0 saturated carbocycles. The number of halogens is 2. The number of carbonyl (C=O) groups is 1. The highest BCUT2D eigenvalue weighted by Gasteiger charge is 2.13. The first-order valence-electron chi connectivity index (χ1n) is 7.15. The maximum Gasteiger partial charge on any atom is 0.237 e. The van der Waals surface area contributed by atoms with E-state index in [0.29, 0.717) is 5.75 Å². The lowest BCUT2D eigenvalue weighted by Gasteiger charge is -2.11. The lowest BCUT2D eigenvalue weighted by Crippen LogP contribution is -2.22. The number of thioether (sulfide) groups is 1. The van der Waals surface area contributed by atoms with Gasteiger partial charge in [0.1, 0.15) is 0 Å². The first kappa shape index (κ1) is 17.2. The molecule has 0 radical (unpaired) electrons. The summed E-state index contributed by atoms with van der Waals surface area (Å²) in [6, 6.07) is 13.2. The number of anilines is 1. The maximum absolute atomic E-state index is 13.1. The third-order valence-corrected chi connectivity index (χ3v) is 4.21. The Balaban J connectivity index is 1.80. The summed E-state index contributed by atoms with van der Waals surface area (Å²) in [6.45, 7) is 1.77. The molecule has 2 aromatic rings. The zero-order valence-corrected chi connectivity index (χ0v) is 13.4. The van der Waals surface area contributed by atoms with Gasteiger partial charge in [-0.15, -0.1) is 11.8 Å². The highest BCUT2D eigenvalue weighted by atomic mass is 32.2. The van der Waals surface area contributed by atoms with Crippen molar-refractivity contribution in [3.05, 3.63) is 71.8 Å². The van der Waals surface area contributed by atoms with Gasteiger partial charge in [0, 0.05) is 17.5 Å². The number of hydrogen-bond acceptors (Lipinski definition) is 2. The predicted molar refractivity (Wildman–Crippen MR) is 92.4 cm³/mol. The summed E-state index contributed by atoms with van der Waals surface area (Å²) >= 11 is 1.46. The molecular weight excluding hydrogens is 316 g/mol. The Kier molecular flexibility index (Phi) is 6.35. The molecule has 2 aromatic carbocycles. The lowest BCUT2D eigenvalue weighted by atomic mass is 10.2. The van der Waals surface area contributed by atoms with Crippen LogP contribution in [0.5, 0.6) is 0 Å². The summed E-state index contributed by atoms with van der Waals surface area (Å²) in [7, 11) is 0. The van der Waals surface area contributed by atoms with Gasteiger partial charge in [0.25, 0.3) is 0 Å². The number of carbonyl (C=O) groups excluding carboxylic acids is 1. The number of amides is 1. The van der Waals surface area contributed by atoms with E-state index in [9.17, 15) is 13.6 Å². The van der Waals surface area contributed by atoms with Crippen LogP contribution < -0.4 is 5.32 Å². The van der Waals surface area contributed by atoms with Crippen molar-refractivity contribution in [2.24, 2.45) is 0 Å². The average Bonchev–Trinajstić information content (AvgIpc) is 2.55. The minimum Gasteiger partial charge on any atom is -0.325 e. The highest BCUT2D eigenvalue weighted by molar-refractivity contribution is 8.00. The molecule has 0 aromatic heterocycles. The second kappa shape index (κ2) is 8.48. The molecule has 0 aliphatic heterocycles. The van der Waals surface area contributed by atoms with Crippen LogP contribution in [0.1, 0.15) is 12.5 Å². The van der Waals surface area contributed by atoms with Crippen molar-refractivity contribution in [2.75, 3.05) is 11.1 Å². The van der Waals surface area contributed by atoms with Gasteiger partial charge >= 0.3 is 0 Å². The van der Waals surface area contributed by atoms with Gasteiger partial charge in [-0.1, -0.05) is 42.5 Å². The molecular formula is C18H17F2NOS. The first-order chi connectivity index (χ1) is 11.1. The molecule has 120 valence electrons. The Labute approximate surface area is 138 Å². The van der Waals surface area contributed by atoms with Crippen molar-refractivity contribution < 1.29 is 13.6 Å². The maximum atomic E-state index is 13.1. The average molecular weight is 333 g/mol. The quantitative estimate of drug-likeness (QED) is 0.827. The van der Waals surface area contributed by atoms with Crippen molar-refractivity contribution >= 4 is 29.4 Å². The second-order valence-corrected chi connectivity index (χ2v) is 6.28. The van der Waals surface area contributed by atoms with Crippen LogP contribution in [0.25, 0.3) is 6.08 Å². The van der Waals surface area contributed by atoms with E-state index in [1.807, 2.05) is 42.5 Å². The fourth-order valence-corrected chi connectivity index (χ4v) is 2.55. The fourth-order valence-electron chi connectivity index (χ4n) is 1.84. The van der Waals surface area contributed by atoms with Crippen LogP contribution in [-0.4, -0.2) is 16.9 Å². The molecule has 0 aliphatic rings. The van der Waals surface area contributed by atoms with Crippen molar-refractivity contribution in [3.63, 3.8) is 0 Å². The third kappa shape index (κ3) is 5.53. The van der Waals surface area contributed by atoms with Gasteiger partial charge in [-0.2, -0.15) is 0 Å². The Hall–Kier alpha value is -2.14. The van der Waals surface area contributed by atoms with Gasteiger partial charge in [0.2, 0.25) is 5.91 Å². The van der Waals surface area contributed by atoms with Crippen molar-refractivity contribution in [3.8, 4) is 0 Å². The normalized spacial score (nSPS) is 12.3. The van der Waals surface area contributed by atoms with Crippen LogP contribution in [-0.2, 0) is 4.79 Å².